The van der Waals surface area contributed by atoms with Gasteiger partial charge in [0.25, 0.3) is 0 Å². The molecule has 116 valence electrons. The molecule has 0 fully saturated rings. The van der Waals surface area contributed by atoms with Crippen LogP contribution in [0.3, 0.4) is 0 Å². The predicted molar refractivity (Wildman–Crippen MR) is 83.7 cm³/mol. The van der Waals surface area contributed by atoms with Crippen molar-refractivity contribution in [2.75, 3.05) is 20.8 Å². The van der Waals surface area contributed by atoms with E-state index in [0.29, 0.717) is 30.1 Å². The normalized spacial score (nSPS) is 11.1. The standard InChI is InChI=1S/C17H24O4/c1-5-7-8-14(17(18)21-6-2)11-13-9-10-15(19-3)16(12-13)20-4/h9-12H,5-8H2,1-4H3/b14-11+. The Labute approximate surface area is 126 Å². The molecule has 1 aromatic carbocycles. The van der Waals surface area contributed by atoms with Gasteiger partial charge in [0, 0.05) is 5.57 Å². The highest BCUT2D eigenvalue weighted by atomic mass is 16.5. The van der Waals surface area contributed by atoms with Crippen LogP contribution in [0.5, 0.6) is 11.5 Å². The molecule has 0 saturated carbocycles. The average molecular weight is 292 g/mol. The summed E-state index contributed by atoms with van der Waals surface area (Å²) >= 11 is 0. The number of carbonyl (C=O) groups is 1. The van der Waals surface area contributed by atoms with Crippen molar-refractivity contribution in [3.63, 3.8) is 0 Å². The second-order valence-corrected chi connectivity index (χ2v) is 4.61. The van der Waals surface area contributed by atoms with Crippen LogP contribution in [0.1, 0.15) is 38.7 Å². The molecule has 4 nitrogen and oxygen atoms in total. The second kappa shape index (κ2) is 9.06. The monoisotopic (exact) mass is 292 g/mol. The highest BCUT2D eigenvalue weighted by Gasteiger charge is 2.11. The summed E-state index contributed by atoms with van der Waals surface area (Å²) in [6, 6.07) is 5.57. The number of ether oxygens (including phenoxy) is 3. The molecule has 1 aromatic rings. The molecule has 0 unspecified atom stereocenters. The summed E-state index contributed by atoms with van der Waals surface area (Å²) < 4.78 is 15.6. The maximum atomic E-state index is 12.0. The van der Waals surface area contributed by atoms with Crippen LogP contribution in [0.2, 0.25) is 0 Å². The molecule has 21 heavy (non-hydrogen) atoms. The zero-order valence-electron chi connectivity index (χ0n) is 13.3. The molecule has 4 heteroatoms. The van der Waals surface area contributed by atoms with Gasteiger partial charge in [-0.2, -0.15) is 0 Å². The molecular formula is C17H24O4. The number of unbranched alkanes of at least 4 members (excludes halogenated alkanes) is 1. The topological polar surface area (TPSA) is 44.8 Å². The molecule has 0 amide bonds. The van der Waals surface area contributed by atoms with E-state index in [4.69, 9.17) is 14.2 Å². The van der Waals surface area contributed by atoms with Gasteiger partial charge in [-0.1, -0.05) is 19.4 Å². The Balaban J connectivity index is 3.05. The van der Waals surface area contributed by atoms with Crippen molar-refractivity contribution in [3.05, 3.63) is 29.3 Å². The molecule has 0 radical (unpaired) electrons. The molecule has 0 aliphatic carbocycles. The lowest BCUT2D eigenvalue weighted by Crippen LogP contribution is -2.07. The molecule has 0 aliphatic rings. The van der Waals surface area contributed by atoms with Crippen molar-refractivity contribution in [1.82, 2.24) is 0 Å². The minimum absolute atomic E-state index is 0.249. The molecule has 0 bridgehead atoms. The smallest absolute Gasteiger partial charge is 0.334 e. The van der Waals surface area contributed by atoms with Crippen LogP contribution in [-0.4, -0.2) is 26.8 Å². The summed E-state index contributed by atoms with van der Waals surface area (Å²) in [4.78, 5) is 12.0. The maximum absolute atomic E-state index is 12.0. The van der Waals surface area contributed by atoms with Crippen molar-refractivity contribution < 1.29 is 19.0 Å². The molecule has 0 aromatic heterocycles. The van der Waals surface area contributed by atoms with Crippen LogP contribution < -0.4 is 9.47 Å². The van der Waals surface area contributed by atoms with E-state index in [1.54, 1.807) is 14.2 Å². The summed E-state index contributed by atoms with van der Waals surface area (Å²) in [5.41, 5.74) is 1.58. The maximum Gasteiger partial charge on any atom is 0.334 e. The minimum Gasteiger partial charge on any atom is -0.493 e. The predicted octanol–water partition coefficient (Wildman–Crippen LogP) is 3.84. The first-order valence-electron chi connectivity index (χ1n) is 7.25. The quantitative estimate of drug-likeness (QED) is 0.539. The molecule has 0 aliphatic heterocycles. The first-order valence-corrected chi connectivity index (χ1v) is 7.25. The number of rotatable bonds is 8. The lowest BCUT2D eigenvalue weighted by atomic mass is 10.0. The fraction of sp³-hybridized carbons (Fsp3) is 0.471. The second-order valence-electron chi connectivity index (χ2n) is 4.61. The highest BCUT2D eigenvalue weighted by Crippen LogP contribution is 2.29. The van der Waals surface area contributed by atoms with E-state index in [1.165, 1.54) is 0 Å². The van der Waals surface area contributed by atoms with Gasteiger partial charge in [0.15, 0.2) is 11.5 Å². The summed E-state index contributed by atoms with van der Waals surface area (Å²) in [5.74, 6) is 1.06. The Bertz CT molecular complexity index is 492. The van der Waals surface area contributed by atoms with Crippen LogP contribution in [0.4, 0.5) is 0 Å². The number of hydrogen-bond acceptors (Lipinski definition) is 4. The van der Waals surface area contributed by atoms with Crippen molar-refractivity contribution in [2.45, 2.75) is 33.1 Å². The van der Waals surface area contributed by atoms with E-state index in [-0.39, 0.29) is 5.97 Å². The fourth-order valence-corrected chi connectivity index (χ4v) is 1.97. The van der Waals surface area contributed by atoms with Crippen LogP contribution in [0.25, 0.3) is 6.08 Å². The number of benzene rings is 1. The third kappa shape index (κ3) is 5.14. The minimum atomic E-state index is -0.249. The van der Waals surface area contributed by atoms with Gasteiger partial charge >= 0.3 is 5.97 Å². The van der Waals surface area contributed by atoms with Crippen LogP contribution >= 0.6 is 0 Å². The molecule has 0 atom stereocenters. The summed E-state index contributed by atoms with van der Waals surface area (Å²) in [6.07, 6.45) is 4.56. The van der Waals surface area contributed by atoms with E-state index in [1.807, 2.05) is 31.2 Å². The van der Waals surface area contributed by atoms with E-state index >= 15 is 0 Å². The Hall–Kier alpha value is -1.97. The molecule has 0 heterocycles. The van der Waals surface area contributed by atoms with Gasteiger partial charge in [-0.15, -0.1) is 0 Å². The zero-order valence-corrected chi connectivity index (χ0v) is 13.3. The summed E-state index contributed by atoms with van der Waals surface area (Å²) in [5, 5.41) is 0. The van der Waals surface area contributed by atoms with Crippen molar-refractivity contribution in [3.8, 4) is 11.5 Å². The lowest BCUT2D eigenvalue weighted by molar-refractivity contribution is -0.138. The number of carbonyl (C=O) groups excluding carboxylic acids is 1. The van der Waals surface area contributed by atoms with E-state index in [0.717, 1.165) is 18.4 Å². The van der Waals surface area contributed by atoms with Gasteiger partial charge < -0.3 is 14.2 Å². The van der Waals surface area contributed by atoms with Gasteiger partial charge in [-0.05, 0) is 43.5 Å². The van der Waals surface area contributed by atoms with Crippen LogP contribution in [-0.2, 0) is 9.53 Å². The van der Waals surface area contributed by atoms with E-state index in [9.17, 15) is 4.79 Å². The molecule has 0 spiro atoms. The van der Waals surface area contributed by atoms with Gasteiger partial charge in [0.05, 0.1) is 20.8 Å². The molecule has 0 saturated heterocycles. The first-order chi connectivity index (χ1) is 10.2. The Kier molecular flexibility index (Phi) is 7.37. The highest BCUT2D eigenvalue weighted by molar-refractivity contribution is 5.93. The Morgan fingerprint density at radius 2 is 1.86 bits per heavy atom. The van der Waals surface area contributed by atoms with Gasteiger partial charge in [-0.25, -0.2) is 4.79 Å². The number of hydrogen-bond donors (Lipinski definition) is 0. The molecular weight excluding hydrogens is 268 g/mol. The molecule has 1 rings (SSSR count). The first kappa shape index (κ1) is 17.1. The Morgan fingerprint density at radius 1 is 1.14 bits per heavy atom. The van der Waals surface area contributed by atoms with Crippen molar-refractivity contribution in [1.29, 1.82) is 0 Å². The zero-order chi connectivity index (χ0) is 15.7. The number of methoxy groups -OCH3 is 2. The van der Waals surface area contributed by atoms with E-state index in [2.05, 4.69) is 6.92 Å². The SMILES string of the molecule is CCCC/C(=C\c1ccc(OC)c(OC)c1)C(=O)OCC. The van der Waals surface area contributed by atoms with Crippen molar-refractivity contribution >= 4 is 12.0 Å². The van der Waals surface area contributed by atoms with E-state index < -0.39 is 0 Å². The number of esters is 1. The summed E-state index contributed by atoms with van der Waals surface area (Å²) in [6.45, 7) is 4.29. The van der Waals surface area contributed by atoms with Gasteiger partial charge in [0.2, 0.25) is 0 Å². The average Bonchev–Trinajstić information content (AvgIpc) is 2.51. The van der Waals surface area contributed by atoms with Crippen LogP contribution in [0.15, 0.2) is 23.8 Å². The Morgan fingerprint density at radius 3 is 2.43 bits per heavy atom. The van der Waals surface area contributed by atoms with Gasteiger partial charge in [-0.3, -0.25) is 0 Å². The third-order valence-corrected chi connectivity index (χ3v) is 3.09. The largest absolute Gasteiger partial charge is 0.493 e. The summed E-state index contributed by atoms with van der Waals surface area (Å²) in [7, 11) is 3.19. The van der Waals surface area contributed by atoms with Crippen LogP contribution in [0, 0.1) is 0 Å². The lowest BCUT2D eigenvalue weighted by Gasteiger charge is -2.09. The third-order valence-electron chi connectivity index (χ3n) is 3.09. The van der Waals surface area contributed by atoms with Crippen molar-refractivity contribution in [2.24, 2.45) is 0 Å². The molecule has 0 N–H and O–H groups in total. The fourth-order valence-electron chi connectivity index (χ4n) is 1.97. The van der Waals surface area contributed by atoms with Gasteiger partial charge in [0.1, 0.15) is 0 Å².